The molecule has 0 atom stereocenters. The summed E-state index contributed by atoms with van der Waals surface area (Å²) in [5, 5.41) is 26.1. The lowest BCUT2D eigenvalue weighted by Gasteiger charge is -2.29. The molecular formula is C29H37N5O5. The number of likely N-dealkylation sites (tertiary alicyclic amines) is 2. The van der Waals surface area contributed by atoms with Crippen LogP contribution in [0.15, 0.2) is 41.2 Å². The Labute approximate surface area is 227 Å². The van der Waals surface area contributed by atoms with Crippen molar-refractivity contribution in [1.82, 2.24) is 14.8 Å². The van der Waals surface area contributed by atoms with Crippen LogP contribution >= 0.6 is 0 Å². The summed E-state index contributed by atoms with van der Waals surface area (Å²) in [5.74, 6) is -0.210. The maximum absolute atomic E-state index is 13.2. The van der Waals surface area contributed by atoms with Crippen LogP contribution in [0.25, 0.3) is 21.8 Å². The van der Waals surface area contributed by atoms with Crippen LogP contribution in [-0.4, -0.2) is 88.3 Å². The number of nitrogens with one attached hydrogen (secondary N) is 3. The number of aromatic amines is 1. The number of aliphatic hydroxyl groups excluding tert-OH is 2. The number of H-pyrrole nitrogens is 1. The van der Waals surface area contributed by atoms with E-state index < -0.39 is 0 Å². The molecule has 208 valence electrons. The minimum Gasteiger partial charge on any atom is -0.393 e. The zero-order chi connectivity index (χ0) is 27.4. The van der Waals surface area contributed by atoms with Crippen LogP contribution in [0.1, 0.15) is 38.5 Å². The first-order valence-corrected chi connectivity index (χ1v) is 13.8. The SMILES string of the molecule is O=C(CCN1CCC(O)CC1)Nc1ccc2c(=O)c3cc(NC(=O)CCN4CCC(O)CC4)ccc3[nH]c2c1. The second-order valence-corrected chi connectivity index (χ2v) is 10.7. The normalized spacial score (nSPS) is 18.0. The molecule has 3 heterocycles. The van der Waals surface area contributed by atoms with Crippen molar-refractivity contribution in [2.24, 2.45) is 0 Å². The van der Waals surface area contributed by atoms with Crippen LogP contribution in [-0.2, 0) is 9.59 Å². The third-order valence-electron chi connectivity index (χ3n) is 7.79. The molecular weight excluding hydrogens is 498 g/mol. The third kappa shape index (κ3) is 7.02. The second-order valence-electron chi connectivity index (χ2n) is 10.7. The number of aromatic nitrogens is 1. The maximum atomic E-state index is 13.2. The molecule has 10 heteroatoms. The van der Waals surface area contributed by atoms with Gasteiger partial charge in [0.15, 0.2) is 5.43 Å². The average Bonchev–Trinajstić information content (AvgIpc) is 2.93. The summed E-state index contributed by atoms with van der Waals surface area (Å²) in [6, 6.07) is 10.4. The van der Waals surface area contributed by atoms with E-state index in [0.29, 0.717) is 59.1 Å². The van der Waals surface area contributed by atoms with Crippen molar-refractivity contribution in [3.63, 3.8) is 0 Å². The molecule has 39 heavy (non-hydrogen) atoms. The van der Waals surface area contributed by atoms with Crippen molar-refractivity contribution < 1.29 is 19.8 Å². The number of pyridine rings is 1. The Morgan fingerprint density at radius 2 is 1.26 bits per heavy atom. The fourth-order valence-electron chi connectivity index (χ4n) is 5.38. The number of hydrogen-bond acceptors (Lipinski definition) is 7. The Morgan fingerprint density at radius 3 is 1.82 bits per heavy atom. The highest BCUT2D eigenvalue weighted by atomic mass is 16.3. The van der Waals surface area contributed by atoms with Gasteiger partial charge in [-0.3, -0.25) is 14.4 Å². The van der Waals surface area contributed by atoms with E-state index in [4.69, 9.17) is 0 Å². The highest BCUT2D eigenvalue weighted by molar-refractivity contribution is 5.99. The summed E-state index contributed by atoms with van der Waals surface area (Å²) in [6.07, 6.45) is 3.20. The van der Waals surface area contributed by atoms with Gasteiger partial charge in [-0.25, -0.2) is 0 Å². The van der Waals surface area contributed by atoms with Crippen molar-refractivity contribution in [2.75, 3.05) is 49.9 Å². The molecule has 3 aromatic rings. The zero-order valence-corrected chi connectivity index (χ0v) is 22.1. The quantitative estimate of drug-likeness (QED) is 0.279. The van der Waals surface area contributed by atoms with Gasteiger partial charge in [0.2, 0.25) is 11.8 Å². The molecule has 0 aliphatic carbocycles. The van der Waals surface area contributed by atoms with E-state index in [0.717, 1.165) is 51.9 Å². The third-order valence-corrected chi connectivity index (χ3v) is 7.79. The summed E-state index contributed by atoms with van der Waals surface area (Å²) in [6.45, 7) is 4.47. The van der Waals surface area contributed by atoms with Gasteiger partial charge < -0.3 is 35.6 Å². The topological polar surface area (TPSA) is 138 Å². The molecule has 0 saturated carbocycles. The standard InChI is InChI=1S/C29H37N5O5/c35-21-5-11-33(12-6-21)15-9-27(37)30-19-2-4-25-24(17-19)29(39)23-3-1-20(18-26(23)32-25)31-28(38)10-16-34-13-7-22(36)8-14-34/h1-4,17-18,21-22,35-36H,5-16H2,(H,30,37)(H,31,38)(H,32,39). The molecule has 0 radical (unpaired) electrons. The van der Waals surface area contributed by atoms with Crippen molar-refractivity contribution in [3.05, 3.63) is 46.6 Å². The monoisotopic (exact) mass is 535 g/mol. The first-order chi connectivity index (χ1) is 18.8. The van der Waals surface area contributed by atoms with Crippen molar-refractivity contribution in [2.45, 2.75) is 50.7 Å². The summed E-state index contributed by atoms with van der Waals surface area (Å²) in [5.41, 5.74) is 2.31. The number of carbonyl (C=O) groups excluding carboxylic acids is 2. The number of fused-ring (bicyclic) bond motifs is 2. The number of benzene rings is 2. The fraction of sp³-hybridized carbons (Fsp3) is 0.483. The largest absolute Gasteiger partial charge is 0.393 e. The van der Waals surface area contributed by atoms with Gasteiger partial charge >= 0.3 is 0 Å². The maximum Gasteiger partial charge on any atom is 0.225 e. The van der Waals surface area contributed by atoms with Crippen LogP contribution in [0, 0.1) is 0 Å². The van der Waals surface area contributed by atoms with E-state index >= 15 is 0 Å². The van der Waals surface area contributed by atoms with E-state index in [-0.39, 0.29) is 29.5 Å². The van der Waals surface area contributed by atoms with Gasteiger partial charge in [-0.05, 0) is 62.1 Å². The lowest BCUT2D eigenvalue weighted by Crippen LogP contribution is -2.37. The van der Waals surface area contributed by atoms with Gasteiger partial charge in [-0.2, -0.15) is 0 Å². The Balaban J connectivity index is 1.21. The predicted molar refractivity (Wildman–Crippen MR) is 152 cm³/mol. The van der Waals surface area contributed by atoms with Crippen LogP contribution in [0.3, 0.4) is 0 Å². The lowest BCUT2D eigenvalue weighted by atomic mass is 10.1. The van der Waals surface area contributed by atoms with Crippen LogP contribution in [0.5, 0.6) is 0 Å². The molecule has 2 fully saturated rings. The zero-order valence-electron chi connectivity index (χ0n) is 22.1. The van der Waals surface area contributed by atoms with Crippen molar-refractivity contribution in [1.29, 1.82) is 0 Å². The number of amides is 2. The molecule has 2 amide bonds. The van der Waals surface area contributed by atoms with Crippen molar-refractivity contribution >= 4 is 45.0 Å². The van der Waals surface area contributed by atoms with Crippen LogP contribution in [0.4, 0.5) is 11.4 Å². The summed E-state index contributed by atoms with van der Waals surface area (Å²) < 4.78 is 0. The second kappa shape index (κ2) is 12.3. The summed E-state index contributed by atoms with van der Waals surface area (Å²) >= 11 is 0. The summed E-state index contributed by atoms with van der Waals surface area (Å²) in [7, 11) is 0. The first-order valence-electron chi connectivity index (χ1n) is 13.8. The number of piperidine rings is 2. The molecule has 0 unspecified atom stereocenters. The summed E-state index contributed by atoms with van der Waals surface area (Å²) in [4.78, 5) is 45.9. The number of rotatable bonds is 8. The predicted octanol–water partition coefficient (Wildman–Crippen LogP) is 2.25. The number of hydrogen-bond donors (Lipinski definition) is 5. The molecule has 0 bridgehead atoms. The van der Waals surface area contributed by atoms with Crippen LogP contribution in [0.2, 0.25) is 0 Å². The molecule has 2 aliphatic rings. The molecule has 5 N–H and O–H groups in total. The Morgan fingerprint density at radius 1 is 0.744 bits per heavy atom. The fourth-order valence-corrected chi connectivity index (χ4v) is 5.38. The highest BCUT2D eigenvalue weighted by Crippen LogP contribution is 2.22. The van der Waals surface area contributed by atoms with Gasteiger partial charge in [-0.15, -0.1) is 0 Å². The minimum absolute atomic E-state index is 0.0955. The molecule has 2 aromatic carbocycles. The van der Waals surface area contributed by atoms with E-state index in [1.165, 1.54) is 0 Å². The van der Waals surface area contributed by atoms with Gasteiger partial charge in [0.25, 0.3) is 0 Å². The molecule has 1 aromatic heterocycles. The van der Waals surface area contributed by atoms with Gasteiger partial charge in [0.05, 0.1) is 17.7 Å². The van der Waals surface area contributed by atoms with E-state index in [2.05, 4.69) is 25.4 Å². The smallest absolute Gasteiger partial charge is 0.225 e. The van der Waals surface area contributed by atoms with E-state index in [1.54, 1.807) is 36.4 Å². The number of aliphatic hydroxyl groups is 2. The van der Waals surface area contributed by atoms with Crippen molar-refractivity contribution in [3.8, 4) is 0 Å². The van der Waals surface area contributed by atoms with E-state index in [1.807, 2.05) is 0 Å². The van der Waals surface area contributed by atoms with Crippen LogP contribution < -0.4 is 16.1 Å². The Kier molecular flexibility index (Phi) is 8.56. The van der Waals surface area contributed by atoms with Gasteiger partial charge in [-0.1, -0.05) is 0 Å². The minimum atomic E-state index is -0.237. The first kappa shape index (κ1) is 27.3. The molecule has 5 rings (SSSR count). The highest BCUT2D eigenvalue weighted by Gasteiger charge is 2.19. The molecule has 0 spiro atoms. The molecule has 10 nitrogen and oxygen atoms in total. The van der Waals surface area contributed by atoms with Gasteiger partial charge in [0.1, 0.15) is 0 Å². The number of carbonyl (C=O) groups is 2. The van der Waals surface area contributed by atoms with E-state index in [9.17, 15) is 24.6 Å². The lowest BCUT2D eigenvalue weighted by molar-refractivity contribution is -0.117. The average molecular weight is 536 g/mol. The Hall–Kier alpha value is -3.31. The van der Waals surface area contributed by atoms with Gasteiger partial charge in [0, 0.05) is 79.8 Å². The number of nitrogens with zero attached hydrogens (tertiary/aromatic N) is 2. The Bertz CT molecular complexity index is 1390. The number of anilines is 2. The molecule has 2 aliphatic heterocycles. The molecule has 2 saturated heterocycles.